The second kappa shape index (κ2) is 23.8. The Morgan fingerprint density at radius 2 is 1.36 bits per heavy atom. The molecule has 1 aromatic rings. The second-order valence-corrected chi connectivity index (χ2v) is 14.8. The molecular weight excluding hydrogens is 686 g/mol. The van der Waals surface area contributed by atoms with E-state index >= 15 is 0 Å². The summed E-state index contributed by atoms with van der Waals surface area (Å²) >= 11 is 0. The van der Waals surface area contributed by atoms with Crippen molar-refractivity contribution in [3.63, 3.8) is 0 Å². The summed E-state index contributed by atoms with van der Waals surface area (Å²) in [6.07, 6.45) is 7.90. The molecule has 0 spiro atoms. The number of unbranched alkanes of at least 4 members (excludes halogenated alkanes) is 11. The molecule has 1 aromatic carbocycles. The van der Waals surface area contributed by atoms with Crippen LogP contribution in [0.25, 0.3) is 0 Å². The number of aliphatic hydroxyl groups excluding tert-OH is 6. The number of hydrogen-bond donors (Lipinski definition) is 8. The van der Waals surface area contributed by atoms with Gasteiger partial charge in [0.15, 0.2) is 12.1 Å². The van der Waals surface area contributed by atoms with Gasteiger partial charge in [0.05, 0.1) is 25.4 Å². The van der Waals surface area contributed by atoms with Gasteiger partial charge in [0.1, 0.15) is 47.3 Å². The largest absolute Gasteiger partial charge is 0.511 e. The molecule has 0 bridgehead atoms. The lowest BCUT2D eigenvalue weighted by Crippen LogP contribution is -2.59. The lowest BCUT2D eigenvalue weighted by molar-refractivity contribution is -0.304. The van der Waals surface area contributed by atoms with Crippen LogP contribution >= 0.6 is 0 Å². The fourth-order valence-electron chi connectivity index (χ4n) is 6.90. The van der Waals surface area contributed by atoms with Crippen LogP contribution in [0, 0.1) is 5.92 Å². The van der Waals surface area contributed by atoms with Crippen LogP contribution in [-0.4, -0.2) is 109 Å². The molecule has 0 aromatic heterocycles. The molecule has 2 aliphatic heterocycles. The maximum Gasteiger partial charge on any atom is 0.259 e. The Labute approximate surface area is 313 Å². The van der Waals surface area contributed by atoms with Gasteiger partial charge in [-0.25, -0.2) is 0 Å². The SMILES string of the molecule is C[C@@H](CCCCCCCCC(=O)CCCCCCCCC[C@H](O)CO[C@@H]1O[C@H](CO)[C@@H](O)[C@H](O)[C@@H]1O)/C(O)=C1/C(=O)N[C@@H](Cc2ccc(O)cc2)C1=O. The van der Waals surface area contributed by atoms with Gasteiger partial charge in [-0.1, -0.05) is 89.7 Å². The zero-order chi connectivity index (χ0) is 38.8. The number of carbonyl (C=O) groups excluding carboxylic acids is 3. The Kier molecular flexibility index (Phi) is 20.0. The summed E-state index contributed by atoms with van der Waals surface area (Å²) in [5, 5.41) is 72.0. The average Bonchev–Trinajstić information content (AvgIpc) is 3.42. The van der Waals surface area contributed by atoms with E-state index in [1.54, 1.807) is 12.1 Å². The molecule has 300 valence electrons. The van der Waals surface area contributed by atoms with E-state index in [1.807, 2.05) is 6.92 Å². The fraction of sp³-hybridized carbons (Fsp3) is 0.725. The number of phenols is 1. The summed E-state index contributed by atoms with van der Waals surface area (Å²) in [6, 6.07) is 5.73. The molecule has 0 saturated carbocycles. The van der Waals surface area contributed by atoms with Crippen molar-refractivity contribution < 1.29 is 59.6 Å². The zero-order valence-corrected chi connectivity index (χ0v) is 31.2. The fourth-order valence-corrected chi connectivity index (χ4v) is 6.90. The smallest absolute Gasteiger partial charge is 0.259 e. The van der Waals surface area contributed by atoms with Crippen LogP contribution in [0.2, 0.25) is 0 Å². The lowest BCUT2D eigenvalue weighted by Gasteiger charge is -2.39. The summed E-state index contributed by atoms with van der Waals surface area (Å²) in [5.74, 6) is -0.934. The molecule has 2 saturated heterocycles. The molecule has 53 heavy (non-hydrogen) atoms. The van der Waals surface area contributed by atoms with Crippen LogP contribution in [0.1, 0.15) is 122 Å². The molecule has 8 atom stereocenters. The zero-order valence-electron chi connectivity index (χ0n) is 31.2. The standard InChI is InChI=1S/C40H63NO12/c1-26(34(46)33-35(47)31(41-39(33)51)23-27-19-21-29(44)22-20-27)15-11-7-5-6-9-13-17-28(43)16-12-8-3-2-4-10-14-18-30(45)25-52-40-38(50)37(49)36(48)32(24-42)53-40/h19-22,26,30-32,36-38,40,42,44-46,48-50H,2-18,23-25H2,1H3,(H,41,51)/b34-33-/t26-,30-,31-,32+,36+,37-,38-,40+/m0/s1. The van der Waals surface area contributed by atoms with Gasteiger partial charge in [0.2, 0.25) is 0 Å². The number of nitrogens with one attached hydrogen (secondary N) is 1. The number of amides is 1. The molecule has 13 nitrogen and oxygen atoms in total. The molecule has 13 heteroatoms. The number of benzene rings is 1. The maximum absolute atomic E-state index is 12.9. The van der Waals surface area contributed by atoms with E-state index in [0.717, 1.165) is 89.0 Å². The van der Waals surface area contributed by atoms with E-state index in [0.29, 0.717) is 37.9 Å². The van der Waals surface area contributed by atoms with Crippen molar-refractivity contribution in [1.82, 2.24) is 5.32 Å². The first-order chi connectivity index (χ1) is 25.4. The predicted molar refractivity (Wildman–Crippen MR) is 197 cm³/mol. The number of ether oxygens (including phenoxy) is 2. The molecule has 0 unspecified atom stereocenters. The number of rotatable bonds is 26. The number of aromatic hydroxyl groups is 1. The van der Waals surface area contributed by atoms with Crippen molar-refractivity contribution >= 4 is 17.5 Å². The van der Waals surface area contributed by atoms with E-state index in [-0.39, 0.29) is 29.6 Å². The minimum atomic E-state index is -1.51. The van der Waals surface area contributed by atoms with Gasteiger partial charge in [-0.05, 0) is 43.4 Å². The first-order valence-electron chi connectivity index (χ1n) is 19.6. The van der Waals surface area contributed by atoms with E-state index in [4.69, 9.17) is 9.47 Å². The minimum absolute atomic E-state index is 0.0957. The van der Waals surface area contributed by atoms with Crippen molar-refractivity contribution in [2.45, 2.75) is 165 Å². The highest BCUT2D eigenvalue weighted by Crippen LogP contribution is 2.26. The van der Waals surface area contributed by atoms with Gasteiger partial charge in [0.25, 0.3) is 5.91 Å². The first-order valence-corrected chi connectivity index (χ1v) is 19.6. The van der Waals surface area contributed by atoms with Crippen molar-refractivity contribution in [3.05, 3.63) is 41.2 Å². The first kappa shape index (κ1) is 44.5. The summed E-state index contributed by atoms with van der Waals surface area (Å²) in [6.45, 7) is 1.20. The number of Topliss-reactive ketones (excluding diaryl/α,β-unsaturated/α-hetero) is 2. The molecule has 2 aliphatic rings. The Hall–Kier alpha value is -2.91. The van der Waals surface area contributed by atoms with Gasteiger partial charge in [-0.3, -0.25) is 14.4 Å². The Bertz CT molecular complexity index is 1280. The molecule has 2 heterocycles. The van der Waals surface area contributed by atoms with Gasteiger partial charge < -0.3 is 50.5 Å². The molecule has 1 amide bonds. The summed E-state index contributed by atoms with van der Waals surface area (Å²) in [5.41, 5.74) is 0.663. The number of phenolic OH excluding ortho intramolecular Hbond substituents is 1. The van der Waals surface area contributed by atoms with Crippen molar-refractivity contribution in [1.29, 1.82) is 0 Å². The Morgan fingerprint density at radius 1 is 0.811 bits per heavy atom. The van der Waals surface area contributed by atoms with Crippen LogP contribution in [0.3, 0.4) is 0 Å². The van der Waals surface area contributed by atoms with Crippen LogP contribution < -0.4 is 5.32 Å². The normalized spacial score (nSPS) is 25.3. The van der Waals surface area contributed by atoms with Gasteiger partial charge in [0, 0.05) is 25.2 Å². The third kappa shape index (κ3) is 15.0. The van der Waals surface area contributed by atoms with Crippen molar-refractivity contribution in [2.24, 2.45) is 5.92 Å². The van der Waals surface area contributed by atoms with Crippen LogP contribution in [0.5, 0.6) is 5.75 Å². The summed E-state index contributed by atoms with van der Waals surface area (Å²) < 4.78 is 10.7. The number of allylic oxidation sites excluding steroid dienone is 1. The third-order valence-corrected chi connectivity index (χ3v) is 10.3. The molecule has 0 aliphatic carbocycles. The summed E-state index contributed by atoms with van der Waals surface area (Å²) in [7, 11) is 0. The molecule has 8 N–H and O–H groups in total. The molecular formula is C40H63NO12. The molecule has 2 fully saturated rings. The van der Waals surface area contributed by atoms with E-state index < -0.39 is 61.1 Å². The van der Waals surface area contributed by atoms with Crippen LogP contribution in [-0.2, 0) is 30.3 Å². The highest BCUT2D eigenvalue weighted by molar-refractivity contribution is 6.27. The van der Waals surface area contributed by atoms with Gasteiger partial charge >= 0.3 is 0 Å². The van der Waals surface area contributed by atoms with Gasteiger partial charge in [-0.2, -0.15) is 0 Å². The quantitative estimate of drug-likeness (QED) is 0.0293. The minimum Gasteiger partial charge on any atom is -0.511 e. The summed E-state index contributed by atoms with van der Waals surface area (Å²) in [4.78, 5) is 37.7. The van der Waals surface area contributed by atoms with E-state index in [9.17, 15) is 50.1 Å². The van der Waals surface area contributed by atoms with E-state index in [2.05, 4.69) is 5.32 Å². The monoisotopic (exact) mass is 749 g/mol. The van der Waals surface area contributed by atoms with Crippen LogP contribution in [0.15, 0.2) is 35.6 Å². The topological polar surface area (TPSA) is 223 Å². The molecule has 3 rings (SSSR count). The lowest BCUT2D eigenvalue weighted by atomic mass is 9.94. The highest BCUT2D eigenvalue weighted by Gasteiger charge is 2.44. The Morgan fingerprint density at radius 3 is 1.94 bits per heavy atom. The van der Waals surface area contributed by atoms with E-state index in [1.165, 1.54) is 12.1 Å². The number of carbonyl (C=O) groups is 3. The highest BCUT2D eigenvalue weighted by atomic mass is 16.7. The average molecular weight is 750 g/mol. The number of hydrogen-bond acceptors (Lipinski definition) is 12. The Balaban J connectivity index is 1.12. The van der Waals surface area contributed by atoms with Crippen molar-refractivity contribution in [3.8, 4) is 5.75 Å². The van der Waals surface area contributed by atoms with Gasteiger partial charge in [-0.15, -0.1) is 0 Å². The second-order valence-electron chi connectivity index (χ2n) is 14.8. The third-order valence-electron chi connectivity index (χ3n) is 10.3. The molecule has 0 radical (unpaired) electrons. The predicted octanol–water partition coefficient (Wildman–Crippen LogP) is 3.83. The maximum atomic E-state index is 12.9. The van der Waals surface area contributed by atoms with Crippen molar-refractivity contribution in [2.75, 3.05) is 13.2 Å². The van der Waals surface area contributed by atoms with Crippen LogP contribution in [0.4, 0.5) is 0 Å². The number of ketones is 2. The number of aliphatic hydroxyl groups is 6.